The van der Waals surface area contributed by atoms with Gasteiger partial charge in [-0.15, -0.1) is 0 Å². The second-order valence-electron chi connectivity index (χ2n) is 4.80. The standard InChI is InChI=1S/C11H22N2O2/c1-9(2)13(6-7-14)10(15)8-11(12)4-3-5-11/h9,14H,3-8,12H2,1-2H3. The minimum atomic E-state index is -0.264. The van der Waals surface area contributed by atoms with Gasteiger partial charge in [0.15, 0.2) is 0 Å². The normalized spacial score (nSPS) is 18.7. The first-order valence-electron chi connectivity index (χ1n) is 5.68. The fourth-order valence-electron chi connectivity index (χ4n) is 1.99. The van der Waals surface area contributed by atoms with Crippen LogP contribution in [0.4, 0.5) is 0 Å². The Morgan fingerprint density at radius 2 is 2.13 bits per heavy atom. The number of carbonyl (C=O) groups excluding carboxylic acids is 1. The summed E-state index contributed by atoms with van der Waals surface area (Å²) in [5.74, 6) is 0.0706. The molecule has 1 aliphatic rings. The van der Waals surface area contributed by atoms with Crippen LogP contribution in [0.25, 0.3) is 0 Å². The lowest BCUT2D eigenvalue weighted by Gasteiger charge is -2.39. The summed E-state index contributed by atoms with van der Waals surface area (Å²) >= 11 is 0. The average Bonchev–Trinajstić information content (AvgIpc) is 2.10. The Morgan fingerprint density at radius 3 is 2.47 bits per heavy atom. The Kier molecular flexibility index (Phi) is 4.11. The second-order valence-corrected chi connectivity index (χ2v) is 4.80. The van der Waals surface area contributed by atoms with E-state index < -0.39 is 0 Å². The van der Waals surface area contributed by atoms with Crippen molar-refractivity contribution in [2.75, 3.05) is 13.2 Å². The maximum Gasteiger partial charge on any atom is 0.224 e. The van der Waals surface area contributed by atoms with Crippen LogP contribution in [0.15, 0.2) is 0 Å². The van der Waals surface area contributed by atoms with Crippen LogP contribution in [0.2, 0.25) is 0 Å². The van der Waals surface area contributed by atoms with Gasteiger partial charge in [0.25, 0.3) is 0 Å². The van der Waals surface area contributed by atoms with Crippen LogP contribution in [-0.4, -0.2) is 40.6 Å². The van der Waals surface area contributed by atoms with Crippen molar-refractivity contribution >= 4 is 5.91 Å². The molecule has 15 heavy (non-hydrogen) atoms. The van der Waals surface area contributed by atoms with E-state index in [0.29, 0.717) is 13.0 Å². The number of nitrogens with zero attached hydrogens (tertiary/aromatic N) is 1. The predicted molar refractivity (Wildman–Crippen MR) is 59.3 cm³/mol. The summed E-state index contributed by atoms with van der Waals surface area (Å²) in [5.41, 5.74) is 5.76. The predicted octanol–water partition coefficient (Wildman–Crippen LogP) is 0.487. The van der Waals surface area contributed by atoms with Gasteiger partial charge in [0, 0.05) is 24.5 Å². The molecule has 0 radical (unpaired) electrons. The topological polar surface area (TPSA) is 66.6 Å². The van der Waals surface area contributed by atoms with Crippen LogP contribution < -0.4 is 5.73 Å². The summed E-state index contributed by atoms with van der Waals surface area (Å²) in [5, 5.41) is 8.88. The summed E-state index contributed by atoms with van der Waals surface area (Å²) in [6, 6.07) is 0.133. The molecule has 4 nitrogen and oxygen atoms in total. The number of nitrogens with two attached hydrogens (primary N) is 1. The zero-order valence-electron chi connectivity index (χ0n) is 9.70. The molecule has 0 spiro atoms. The van der Waals surface area contributed by atoms with E-state index >= 15 is 0 Å². The number of hydrogen-bond donors (Lipinski definition) is 2. The van der Waals surface area contributed by atoms with Crippen LogP contribution in [0, 0.1) is 0 Å². The molecule has 4 heteroatoms. The molecular weight excluding hydrogens is 192 g/mol. The number of hydrogen-bond acceptors (Lipinski definition) is 3. The van der Waals surface area contributed by atoms with Crippen molar-refractivity contribution in [3.05, 3.63) is 0 Å². The molecule has 0 aromatic carbocycles. The number of aliphatic hydroxyl groups excluding tert-OH is 1. The number of rotatable bonds is 5. The Balaban J connectivity index is 2.48. The van der Waals surface area contributed by atoms with E-state index in [1.54, 1.807) is 4.90 Å². The van der Waals surface area contributed by atoms with Crippen molar-refractivity contribution in [3.63, 3.8) is 0 Å². The van der Waals surface area contributed by atoms with Gasteiger partial charge in [-0.2, -0.15) is 0 Å². The molecule has 1 fully saturated rings. The van der Waals surface area contributed by atoms with Gasteiger partial charge >= 0.3 is 0 Å². The molecule has 1 saturated carbocycles. The third-order valence-corrected chi connectivity index (χ3v) is 3.14. The highest BCUT2D eigenvalue weighted by molar-refractivity contribution is 5.77. The van der Waals surface area contributed by atoms with Crippen LogP contribution in [0.1, 0.15) is 39.5 Å². The Hall–Kier alpha value is -0.610. The number of aliphatic hydroxyl groups is 1. The highest BCUT2D eigenvalue weighted by Crippen LogP contribution is 2.32. The Morgan fingerprint density at radius 1 is 1.53 bits per heavy atom. The second kappa shape index (κ2) is 4.94. The van der Waals surface area contributed by atoms with Gasteiger partial charge in [-0.25, -0.2) is 0 Å². The summed E-state index contributed by atoms with van der Waals surface area (Å²) in [7, 11) is 0. The number of carbonyl (C=O) groups is 1. The molecule has 0 heterocycles. The van der Waals surface area contributed by atoms with E-state index in [1.165, 1.54) is 0 Å². The summed E-state index contributed by atoms with van der Waals surface area (Å²) in [6.07, 6.45) is 3.45. The fraction of sp³-hybridized carbons (Fsp3) is 0.909. The highest BCUT2D eigenvalue weighted by atomic mass is 16.3. The Labute approximate surface area is 91.4 Å². The van der Waals surface area contributed by atoms with Gasteiger partial charge in [-0.3, -0.25) is 4.79 Å². The van der Waals surface area contributed by atoms with Crippen molar-refractivity contribution in [2.45, 2.75) is 51.1 Å². The van der Waals surface area contributed by atoms with E-state index in [1.807, 2.05) is 13.8 Å². The van der Waals surface area contributed by atoms with Crippen molar-refractivity contribution in [2.24, 2.45) is 5.73 Å². The van der Waals surface area contributed by atoms with Gasteiger partial charge in [0.1, 0.15) is 0 Å². The largest absolute Gasteiger partial charge is 0.395 e. The zero-order chi connectivity index (χ0) is 11.5. The Bertz CT molecular complexity index is 225. The third-order valence-electron chi connectivity index (χ3n) is 3.14. The van der Waals surface area contributed by atoms with Crippen molar-refractivity contribution in [3.8, 4) is 0 Å². The molecule has 0 atom stereocenters. The van der Waals surface area contributed by atoms with Crippen LogP contribution in [0.3, 0.4) is 0 Å². The molecule has 1 rings (SSSR count). The van der Waals surface area contributed by atoms with Gasteiger partial charge in [0.05, 0.1) is 6.61 Å². The summed E-state index contributed by atoms with van der Waals surface area (Å²) in [6.45, 7) is 4.34. The van der Waals surface area contributed by atoms with Crippen molar-refractivity contribution < 1.29 is 9.90 Å². The first kappa shape index (κ1) is 12.5. The number of amides is 1. The maximum absolute atomic E-state index is 11.9. The molecule has 1 amide bonds. The van der Waals surface area contributed by atoms with E-state index in [9.17, 15) is 4.79 Å². The highest BCUT2D eigenvalue weighted by Gasteiger charge is 2.36. The van der Waals surface area contributed by atoms with Gasteiger partial charge in [-0.05, 0) is 33.1 Å². The lowest BCUT2D eigenvalue weighted by molar-refractivity contribution is -0.135. The quantitative estimate of drug-likeness (QED) is 0.700. The van der Waals surface area contributed by atoms with Crippen molar-refractivity contribution in [1.82, 2.24) is 4.90 Å². The molecule has 0 aliphatic heterocycles. The van der Waals surface area contributed by atoms with Gasteiger partial charge in [-0.1, -0.05) is 0 Å². The van der Waals surface area contributed by atoms with Crippen LogP contribution in [-0.2, 0) is 4.79 Å². The SMILES string of the molecule is CC(C)N(CCO)C(=O)CC1(N)CCC1. The zero-order valence-corrected chi connectivity index (χ0v) is 9.70. The summed E-state index contributed by atoms with van der Waals surface area (Å²) < 4.78 is 0. The minimum Gasteiger partial charge on any atom is -0.395 e. The first-order chi connectivity index (χ1) is 6.98. The molecule has 0 aromatic rings. The van der Waals surface area contributed by atoms with E-state index in [-0.39, 0.29) is 24.1 Å². The maximum atomic E-state index is 11.9. The fourth-order valence-corrected chi connectivity index (χ4v) is 1.99. The molecule has 3 N–H and O–H groups in total. The van der Waals surface area contributed by atoms with Gasteiger partial charge in [0.2, 0.25) is 5.91 Å². The minimum absolute atomic E-state index is 0.0154. The molecule has 0 bridgehead atoms. The molecule has 0 aromatic heterocycles. The average molecular weight is 214 g/mol. The molecule has 88 valence electrons. The van der Waals surface area contributed by atoms with E-state index in [2.05, 4.69) is 0 Å². The first-order valence-corrected chi connectivity index (χ1v) is 5.68. The lowest BCUT2D eigenvalue weighted by Crippen LogP contribution is -2.51. The molecule has 1 aliphatic carbocycles. The van der Waals surface area contributed by atoms with Crippen molar-refractivity contribution in [1.29, 1.82) is 0 Å². The smallest absolute Gasteiger partial charge is 0.224 e. The van der Waals surface area contributed by atoms with E-state index in [4.69, 9.17) is 10.8 Å². The lowest BCUT2D eigenvalue weighted by atomic mass is 9.75. The van der Waals surface area contributed by atoms with Crippen LogP contribution >= 0.6 is 0 Å². The summed E-state index contributed by atoms with van der Waals surface area (Å²) in [4.78, 5) is 13.6. The molecular formula is C11H22N2O2. The molecule has 0 saturated heterocycles. The monoisotopic (exact) mass is 214 g/mol. The van der Waals surface area contributed by atoms with Gasteiger partial charge < -0.3 is 15.7 Å². The molecule has 0 unspecified atom stereocenters. The third kappa shape index (κ3) is 3.18. The van der Waals surface area contributed by atoms with E-state index in [0.717, 1.165) is 19.3 Å². The van der Waals surface area contributed by atoms with Crippen LogP contribution in [0.5, 0.6) is 0 Å².